The van der Waals surface area contributed by atoms with Crippen molar-refractivity contribution in [2.45, 2.75) is 25.4 Å². The van der Waals surface area contributed by atoms with Gasteiger partial charge in [-0.05, 0) is 42.7 Å². The topological polar surface area (TPSA) is 153 Å². The molecule has 0 bridgehead atoms. The molecule has 0 atom stereocenters. The Labute approximate surface area is 206 Å². The zero-order chi connectivity index (χ0) is 24.6. The molecular formula is C24H20N8O3S. The predicted molar refractivity (Wildman–Crippen MR) is 132 cm³/mol. The van der Waals surface area contributed by atoms with Crippen LogP contribution in [0, 0.1) is 0 Å². The molecule has 1 saturated carbocycles. The lowest BCUT2D eigenvalue weighted by Crippen LogP contribution is -2.21. The van der Waals surface area contributed by atoms with E-state index in [-0.39, 0.29) is 23.5 Å². The lowest BCUT2D eigenvalue weighted by atomic mass is 10.3. The molecule has 0 radical (unpaired) electrons. The van der Waals surface area contributed by atoms with E-state index < -0.39 is 5.69 Å². The van der Waals surface area contributed by atoms with E-state index in [9.17, 15) is 14.7 Å². The van der Waals surface area contributed by atoms with Crippen LogP contribution in [0.5, 0.6) is 5.88 Å². The van der Waals surface area contributed by atoms with Crippen LogP contribution in [0.1, 0.15) is 33.8 Å². The van der Waals surface area contributed by atoms with Gasteiger partial charge in [-0.1, -0.05) is 6.07 Å². The molecule has 6 rings (SSSR count). The predicted octanol–water partition coefficient (Wildman–Crippen LogP) is 1.12. The number of hydrogen-bond donors (Lipinski definition) is 4. The number of pyridine rings is 1. The Bertz CT molecular complexity index is 1760. The van der Waals surface area contributed by atoms with Crippen molar-refractivity contribution in [1.29, 1.82) is 0 Å². The van der Waals surface area contributed by atoms with E-state index in [4.69, 9.17) is 9.98 Å². The van der Waals surface area contributed by atoms with Crippen LogP contribution in [-0.4, -0.2) is 46.6 Å². The first kappa shape index (κ1) is 21.9. The van der Waals surface area contributed by atoms with Gasteiger partial charge in [0.05, 0.1) is 27.7 Å². The zero-order valence-corrected chi connectivity index (χ0v) is 19.6. The van der Waals surface area contributed by atoms with Gasteiger partial charge in [-0.3, -0.25) is 19.8 Å². The molecule has 12 heteroatoms. The molecule has 36 heavy (non-hydrogen) atoms. The fourth-order valence-electron chi connectivity index (χ4n) is 3.69. The third-order valence-electron chi connectivity index (χ3n) is 5.64. The van der Waals surface area contributed by atoms with Gasteiger partial charge in [-0.2, -0.15) is 9.61 Å². The maximum atomic E-state index is 12.7. The van der Waals surface area contributed by atoms with Crippen molar-refractivity contribution in [2.24, 2.45) is 4.99 Å². The minimum Gasteiger partial charge on any atom is -0.493 e. The largest absolute Gasteiger partial charge is 0.493 e. The molecule has 180 valence electrons. The van der Waals surface area contributed by atoms with Crippen molar-refractivity contribution in [3.63, 3.8) is 0 Å². The van der Waals surface area contributed by atoms with E-state index in [2.05, 4.69) is 25.4 Å². The molecule has 0 aromatic carbocycles. The smallest absolute Gasteiger partial charge is 0.326 e. The minimum atomic E-state index is -0.513. The highest BCUT2D eigenvalue weighted by Crippen LogP contribution is 2.27. The highest BCUT2D eigenvalue weighted by Gasteiger charge is 2.21. The minimum absolute atomic E-state index is 0.177. The van der Waals surface area contributed by atoms with Gasteiger partial charge in [-0.15, -0.1) is 11.3 Å². The summed E-state index contributed by atoms with van der Waals surface area (Å²) < 4.78 is 1.64. The fraction of sp³-hybridized carbons (Fsp3) is 0.167. The highest BCUT2D eigenvalue weighted by molar-refractivity contribution is 7.17. The van der Waals surface area contributed by atoms with Gasteiger partial charge in [0.1, 0.15) is 5.69 Å². The average Bonchev–Trinajstić information content (AvgIpc) is 3.25. The first-order valence-electron chi connectivity index (χ1n) is 11.3. The van der Waals surface area contributed by atoms with E-state index >= 15 is 0 Å². The summed E-state index contributed by atoms with van der Waals surface area (Å²) in [7, 11) is 0. The molecule has 1 aliphatic carbocycles. The molecule has 5 aromatic heterocycles. The van der Waals surface area contributed by atoms with Crippen LogP contribution in [0.25, 0.3) is 22.3 Å². The number of amides is 1. The number of imidazole rings is 1. The average molecular weight is 501 g/mol. The Balaban J connectivity index is 1.38. The summed E-state index contributed by atoms with van der Waals surface area (Å²) in [6.45, 7) is 0.387. The van der Waals surface area contributed by atoms with Crippen LogP contribution in [0.15, 0.2) is 58.7 Å². The van der Waals surface area contributed by atoms with Crippen LogP contribution < -0.4 is 21.7 Å². The molecule has 4 N–H and O–H groups in total. The third-order valence-corrected chi connectivity index (χ3v) is 6.74. The van der Waals surface area contributed by atoms with Gasteiger partial charge in [0, 0.05) is 30.2 Å². The van der Waals surface area contributed by atoms with Crippen LogP contribution >= 0.6 is 11.3 Å². The van der Waals surface area contributed by atoms with Crippen molar-refractivity contribution in [3.05, 3.63) is 86.2 Å². The first-order valence-corrected chi connectivity index (χ1v) is 12.1. The fourth-order valence-corrected chi connectivity index (χ4v) is 4.58. The number of nitrogens with zero attached hydrogens (tertiary/aromatic N) is 5. The van der Waals surface area contributed by atoms with E-state index in [1.807, 2.05) is 24.3 Å². The number of aromatic nitrogens is 6. The molecule has 0 spiro atoms. The number of carbonyl (C=O) groups excluding carboxylic acids is 1. The standard InChI is InChI=1S/C24H20N8O3S/c33-22-17(30-24(35)31-22)8-14-12-27-32-20(28-15-3-4-15)9-16(29-21(14)32)18-5-6-19(36-18)23(34)26-11-13-2-1-7-25-10-13/h1-2,5-10,12,15,33H,3-4,11H2,(H,26,34)(H2,30,31,35)/b14-8+,28-20?. The number of fused-ring (bicyclic) bond motifs is 1. The monoisotopic (exact) mass is 500 g/mol. The number of thiophene rings is 1. The molecule has 0 saturated heterocycles. The summed E-state index contributed by atoms with van der Waals surface area (Å²) in [5, 5.41) is 17.9. The Morgan fingerprint density at radius 2 is 2.17 bits per heavy atom. The molecule has 1 aliphatic rings. The molecule has 5 aromatic rings. The van der Waals surface area contributed by atoms with Crippen LogP contribution in [0.4, 0.5) is 0 Å². The van der Waals surface area contributed by atoms with Gasteiger partial charge < -0.3 is 15.4 Å². The van der Waals surface area contributed by atoms with Crippen LogP contribution in [0.2, 0.25) is 0 Å². The summed E-state index contributed by atoms with van der Waals surface area (Å²) in [6.07, 6.45) is 8.66. The van der Waals surface area contributed by atoms with E-state index in [0.29, 0.717) is 33.5 Å². The summed E-state index contributed by atoms with van der Waals surface area (Å²) in [6, 6.07) is 9.48. The maximum absolute atomic E-state index is 12.7. The lowest BCUT2D eigenvalue weighted by molar-refractivity contribution is 0.0955. The van der Waals surface area contributed by atoms with Gasteiger partial charge in [0.15, 0.2) is 11.1 Å². The Morgan fingerprint density at radius 1 is 1.28 bits per heavy atom. The first-order chi connectivity index (χ1) is 17.5. The summed E-state index contributed by atoms with van der Waals surface area (Å²) in [5.74, 6) is -0.442. The quantitative estimate of drug-likeness (QED) is 0.274. The van der Waals surface area contributed by atoms with Crippen LogP contribution in [-0.2, 0) is 6.54 Å². The number of carbonyl (C=O) groups is 1. The summed E-state index contributed by atoms with van der Waals surface area (Å²) in [5.41, 5.74) is 2.46. The molecule has 1 amide bonds. The molecule has 11 nitrogen and oxygen atoms in total. The Kier molecular flexibility index (Phi) is 5.41. The van der Waals surface area contributed by atoms with Crippen molar-refractivity contribution >= 4 is 29.0 Å². The van der Waals surface area contributed by atoms with Gasteiger partial charge in [-0.25, -0.2) is 9.78 Å². The van der Waals surface area contributed by atoms with Crippen molar-refractivity contribution < 1.29 is 9.90 Å². The van der Waals surface area contributed by atoms with Crippen molar-refractivity contribution in [3.8, 4) is 16.5 Å². The Hall–Kier alpha value is -4.58. The van der Waals surface area contributed by atoms with E-state index in [1.54, 1.807) is 35.2 Å². The number of hydrogen-bond acceptors (Lipinski definition) is 8. The second-order valence-electron chi connectivity index (χ2n) is 8.39. The highest BCUT2D eigenvalue weighted by atomic mass is 32.1. The number of aromatic hydroxyl groups is 1. The molecule has 5 heterocycles. The molecular weight excluding hydrogens is 480 g/mol. The van der Waals surface area contributed by atoms with Gasteiger partial charge in [0.25, 0.3) is 5.91 Å². The summed E-state index contributed by atoms with van der Waals surface area (Å²) in [4.78, 5) is 44.1. The SMILES string of the molecule is O=C(NCc1cccnc1)c1ccc(-c2cc(=NC3CC3)n3nc/c(=C\c4[nH]c(=O)[nH]c4O)c3n2)s1. The van der Waals surface area contributed by atoms with E-state index in [1.165, 1.54) is 11.3 Å². The van der Waals surface area contributed by atoms with Crippen molar-refractivity contribution in [1.82, 2.24) is 34.9 Å². The molecule has 1 fully saturated rings. The van der Waals surface area contributed by atoms with Crippen molar-refractivity contribution in [2.75, 3.05) is 0 Å². The number of H-pyrrole nitrogens is 2. The second-order valence-corrected chi connectivity index (χ2v) is 9.47. The zero-order valence-electron chi connectivity index (χ0n) is 18.8. The maximum Gasteiger partial charge on any atom is 0.326 e. The van der Waals surface area contributed by atoms with E-state index in [0.717, 1.165) is 23.3 Å². The van der Waals surface area contributed by atoms with Crippen LogP contribution in [0.3, 0.4) is 0 Å². The second kappa shape index (κ2) is 8.89. The number of nitrogens with one attached hydrogen (secondary N) is 3. The molecule has 0 aliphatic heterocycles. The third kappa shape index (κ3) is 4.41. The molecule has 0 unspecified atom stereocenters. The summed E-state index contributed by atoms with van der Waals surface area (Å²) >= 11 is 1.34. The number of rotatable bonds is 6. The van der Waals surface area contributed by atoms with Gasteiger partial charge >= 0.3 is 5.69 Å². The van der Waals surface area contributed by atoms with Gasteiger partial charge in [0.2, 0.25) is 5.88 Å². The number of aromatic amines is 2. The normalized spacial score (nSPS) is 14.6. The Morgan fingerprint density at radius 3 is 2.92 bits per heavy atom. The lowest BCUT2D eigenvalue weighted by Gasteiger charge is -2.03.